The third-order valence-corrected chi connectivity index (χ3v) is 2.40. The van der Waals surface area contributed by atoms with Crippen LogP contribution in [-0.2, 0) is 0 Å². The lowest BCUT2D eigenvalue weighted by Gasteiger charge is -1.98. The SMILES string of the molecule is N#Cc1sc(NCC(F)F)nc1Cl. The van der Waals surface area contributed by atoms with Crippen LogP contribution in [-0.4, -0.2) is 18.0 Å². The molecule has 7 heteroatoms. The molecule has 1 heterocycles. The van der Waals surface area contributed by atoms with E-state index >= 15 is 0 Å². The molecule has 0 bridgehead atoms. The number of thiazole rings is 1. The minimum absolute atomic E-state index is 0.0456. The van der Waals surface area contributed by atoms with Gasteiger partial charge in [-0.05, 0) is 0 Å². The fraction of sp³-hybridized carbons (Fsp3) is 0.333. The second kappa shape index (κ2) is 4.35. The summed E-state index contributed by atoms with van der Waals surface area (Å²) in [7, 11) is 0. The first-order valence-electron chi connectivity index (χ1n) is 3.22. The minimum atomic E-state index is -2.45. The van der Waals surface area contributed by atoms with Gasteiger partial charge in [0, 0.05) is 0 Å². The number of hydrogen-bond acceptors (Lipinski definition) is 4. The van der Waals surface area contributed by atoms with Crippen LogP contribution in [0.3, 0.4) is 0 Å². The van der Waals surface area contributed by atoms with Crippen molar-refractivity contribution in [1.29, 1.82) is 5.26 Å². The second-order valence-corrected chi connectivity index (χ2v) is 3.38. The van der Waals surface area contributed by atoms with Crippen molar-refractivity contribution in [2.24, 2.45) is 0 Å². The van der Waals surface area contributed by atoms with Crippen LogP contribution in [0, 0.1) is 11.3 Å². The molecule has 1 aromatic heterocycles. The highest BCUT2D eigenvalue weighted by atomic mass is 35.5. The smallest absolute Gasteiger partial charge is 0.255 e. The van der Waals surface area contributed by atoms with E-state index in [0.717, 1.165) is 11.3 Å². The van der Waals surface area contributed by atoms with Gasteiger partial charge in [0.25, 0.3) is 6.43 Å². The number of anilines is 1. The van der Waals surface area contributed by atoms with E-state index in [-0.39, 0.29) is 15.2 Å². The maximum Gasteiger partial charge on any atom is 0.255 e. The average molecular weight is 224 g/mol. The van der Waals surface area contributed by atoms with Crippen LogP contribution >= 0.6 is 22.9 Å². The van der Waals surface area contributed by atoms with E-state index in [1.165, 1.54) is 0 Å². The van der Waals surface area contributed by atoms with E-state index in [4.69, 9.17) is 16.9 Å². The van der Waals surface area contributed by atoms with Gasteiger partial charge >= 0.3 is 0 Å². The molecule has 0 spiro atoms. The maximum atomic E-state index is 11.7. The zero-order valence-corrected chi connectivity index (χ0v) is 7.79. The second-order valence-electron chi connectivity index (χ2n) is 2.02. The van der Waals surface area contributed by atoms with Gasteiger partial charge in [0.1, 0.15) is 10.9 Å². The number of nitrogens with zero attached hydrogens (tertiary/aromatic N) is 2. The summed E-state index contributed by atoms with van der Waals surface area (Å²) in [6, 6.07) is 1.80. The Hall–Kier alpha value is -0.930. The van der Waals surface area contributed by atoms with Gasteiger partial charge in [-0.15, -0.1) is 0 Å². The Labute approximate surface area is 82.0 Å². The molecule has 1 rings (SSSR count). The molecule has 1 N–H and O–H groups in total. The third kappa shape index (κ3) is 2.79. The lowest BCUT2D eigenvalue weighted by Crippen LogP contribution is -2.09. The van der Waals surface area contributed by atoms with E-state index in [1.54, 1.807) is 6.07 Å². The van der Waals surface area contributed by atoms with Crippen molar-refractivity contribution in [2.75, 3.05) is 11.9 Å². The summed E-state index contributed by atoms with van der Waals surface area (Å²) < 4.78 is 23.5. The predicted molar refractivity (Wildman–Crippen MR) is 46.3 cm³/mol. The van der Waals surface area contributed by atoms with E-state index < -0.39 is 13.0 Å². The zero-order valence-electron chi connectivity index (χ0n) is 6.22. The van der Waals surface area contributed by atoms with Crippen molar-refractivity contribution in [3.8, 4) is 6.07 Å². The van der Waals surface area contributed by atoms with Crippen LogP contribution in [0.4, 0.5) is 13.9 Å². The van der Waals surface area contributed by atoms with Crippen LogP contribution in [0.15, 0.2) is 0 Å². The quantitative estimate of drug-likeness (QED) is 0.856. The van der Waals surface area contributed by atoms with Gasteiger partial charge in [-0.1, -0.05) is 22.9 Å². The van der Waals surface area contributed by atoms with Crippen LogP contribution < -0.4 is 5.32 Å². The van der Waals surface area contributed by atoms with Crippen molar-refractivity contribution in [1.82, 2.24) is 4.98 Å². The zero-order chi connectivity index (χ0) is 9.84. The van der Waals surface area contributed by atoms with Gasteiger partial charge < -0.3 is 5.32 Å². The molecule has 0 atom stereocenters. The number of nitriles is 1. The first-order valence-corrected chi connectivity index (χ1v) is 4.41. The van der Waals surface area contributed by atoms with Crippen molar-refractivity contribution < 1.29 is 8.78 Å². The predicted octanol–water partition coefficient (Wildman–Crippen LogP) is 2.35. The molecule has 0 unspecified atom stereocenters. The lowest BCUT2D eigenvalue weighted by atomic mass is 10.6. The van der Waals surface area contributed by atoms with Crippen molar-refractivity contribution in [3.63, 3.8) is 0 Å². The molecule has 0 fully saturated rings. The third-order valence-electron chi connectivity index (χ3n) is 1.09. The van der Waals surface area contributed by atoms with Gasteiger partial charge in [-0.2, -0.15) is 5.26 Å². The molecule has 0 aliphatic carbocycles. The number of nitrogens with one attached hydrogen (secondary N) is 1. The highest BCUT2D eigenvalue weighted by Crippen LogP contribution is 2.25. The first-order chi connectivity index (χ1) is 6.13. The monoisotopic (exact) mass is 223 g/mol. The summed E-state index contributed by atoms with van der Waals surface area (Å²) in [6.07, 6.45) is -2.45. The van der Waals surface area contributed by atoms with E-state index in [2.05, 4.69) is 10.3 Å². The fourth-order valence-electron chi connectivity index (χ4n) is 0.611. The van der Waals surface area contributed by atoms with E-state index in [9.17, 15) is 8.78 Å². The minimum Gasteiger partial charge on any atom is -0.356 e. The van der Waals surface area contributed by atoms with Crippen LogP contribution in [0.5, 0.6) is 0 Å². The normalized spacial score (nSPS) is 10.1. The van der Waals surface area contributed by atoms with Crippen LogP contribution in [0.1, 0.15) is 4.88 Å². The molecule has 70 valence electrons. The van der Waals surface area contributed by atoms with Gasteiger partial charge in [-0.3, -0.25) is 0 Å². The Morgan fingerprint density at radius 1 is 1.69 bits per heavy atom. The standard InChI is InChI=1S/C6H4ClF2N3S/c7-5-3(1-10)13-6(12-5)11-2-4(8)9/h4H,2H2,(H,11,12). The van der Waals surface area contributed by atoms with Gasteiger partial charge in [-0.25, -0.2) is 13.8 Å². The molecule has 0 saturated carbocycles. The molecule has 3 nitrogen and oxygen atoms in total. The fourth-order valence-corrected chi connectivity index (χ4v) is 1.56. The molecule has 0 saturated heterocycles. The summed E-state index contributed by atoms with van der Waals surface area (Å²) in [5.74, 6) is 0. The highest BCUT2D eigenvalue weighted by Gasteiger charge is 2.09. The molecule has 0 aliphatic heterocycles. The average Bonchev–Trinajstić information content (AvgIpc) is 2.43. The first kappa shape index (κ1) is 10.2. The molecular weight excluding hydrogens is 220 g/mol. The summed E-state index contributed by atoms with van der Waals surface area (Å²) in [5, 5.41) is 11.1. The number of hydrogen-bond donors (Lipinski definition) is 1. The number of alkyl halides is 2. The largest absolute Gasteiger partial charge is 0.356 e. The number of rotatable bonds is 3. The lowest BCUT2D eigenvalue weighted by molar-refractivity contribution is 0.163. The maximum absolute atomic E-state index is 11.7. The molecule has 1 aromatic rings. The van der Waals surface area contributed by atoms with Crippen molar-refractivity contribution in [3.05, 3.63) is 10.0 Å². The highest BCUT2D eigenvalue weighted by molar-refractivity contribution is 7.16. The summed E-state index contributed by atoms with van der Waals surface area (Å²) in [4.78, 5) is 3.89. The molecule has 0 radical (unpaired) electrons. The molecule has 13 heavy (non-hydrogen) atoms. The van der Waals surface area contributed by atoms with E-state index in [1.807, 2.05) is 0 Å². The number of aromatic nitrogens is 1. The summed E-state index contributed by atoms with van der Waals surface area (Å²) in [5.41, 5.74) is 0. The van der Waals surface area contributed by atoms with Crippen LogP contribution in [0.25, 0.3) is 0 Å². The number of halogens is 3. The Bertz CT molecular complexity index is 333. The Morgan fingerprint density at radius 3 is 2.85 bits per heavy atom. The van der Waals surface area contributed by atoms with Gasteiger partial charge in [0.2, 0.25) is 0 Å². The van der Waals surface area contributed by atoms with Gasteiger partial charge in [0.05, 0.1) is 6.54 Å². The Kier molecular flexibility index (Phi) is 3.39. The van der Waals surface area contributed by atoms with Crippen molar-refractivity contribution >= 4 is 28.1 Å². The summed E-state index contributed by atoms with van der Waals surface area (Å²) >= 11 is 6.46. The molecular formula is C6H4ClF2N3S. The Morgan fingerprint density at radius 2 is 2.38 bits per heavy atom. The molecule has 0 aliphatic rings. The van der Waals surface area contributed by atoms with E-state index in [0.29, 0.717) is 0 Å². The van der Waals surface area contributed by atoms with Gasteiger partial charge in [0.15, 0.2) is 10.3 Å². The van der Waals surface area contributed by atoms with Crippen molar-refractivity contribution in [2.45, 2.75) is 6.43 Å². The molecule has 0 aromatic carbocycles. The summed E-state index contributed by atoms with van der Waals surface area (Å²) in [6.45, 7) is -0.491. The molecule has 0 amide bonds. The van der Waals surface area contributed by atoms with Crippen LogP contribution in [0.2, 0.25) is 5.15 Å². The topological polar surface area (TPSA) is 48.7 Å². The Balaban J connectivity index is 2.64.